The highest BCUT2D eigenvalue weighted by atomic mass is 35.5. The molecule has 1 fully saturated rings. The standard InChI is InChI=1S/C39H43ClO6/c1-4-33-25(3)36(43-22-27-12-8-6-9-13-27)39(44-23-28-14-10-7-11-15-28)37(46-33)31-21-29(35(40)38-34(31)32(41)24-45-38)20-26-16-18-30(19-17-26)42-5-2/h6-19,21,25,32-33,36-37,39,41H,4-5,20,22-24H2,1-3H3/t25-,32?,33-,36+,37?,39-/m1/s1. The van der Waals surface area contributed by atoms with E-state index >= 15 is 0 Å². The van der Waals surface area contributed by atoms with Gasteiger partial charge in [0.2, 0.25) is 0 Å². The lowest BCUT2D eigenvalue weighted by Crippen LogP contribution is -2.52. The van der Waals surface area contributed by atoms with Gasteiger partial charge in [0, 0.05) is 11.5 Å². The SMILES string of the molecule is CCOc1ccc(Cc2cc(C3O[C@H](CC)[C@@H](C)[C@H](OCc4ccccc4)[C@H]3OCc3ccccc3)c3c(c2Cl)OCC3O)cc1. The molecule has 2 heterocycles. The van der Waals surface area contributed by atoms with Crippen molar-refractivity contribution in [1.29, 1.82) is 0 Å². The second kappa shape index (κ2) is 15.0. The Morgan fingerprint density at radius 3 is 2.07 bits per heavy atom. The molecule has 6 atom stereocenters. The Bertz CT molecular complexity index is 1560. The van der Waals surface area contributed by atoms with Gasteiger partial charge in [-0.3, -0.25) is 0 Å². The van der Waals surface area contributed by atoms with Crippen molar-refractivity contribution in [2.24, 2.45) is 5.92 Å². The summed E-state index contributed by atoms with van der Waals surface area (Å²) < 4.78 is 32.2. The number of halogens is 1. The van der Waals surface area contributed by atoms with Crippen molar-refractivity contribution in [2.45, 2.75) is 77.3 Å². The molecular weight excluding hydrogens is 600 g/mol. The zero-order valence-corrected chi connectivity index (χ0v) is 27.5. The first-order valence-corrected chi connectivity index (χ1v) is 16.7. The quantitative estimate of drug-likeness (QED) is 0.167. The van der Waals surface area contributed by atoms with Gasteiger partial charge in [-0.2, -0.15) is 0 Å². The van der Waals surface area contributed by atoms with Gasteiger partial charge in [-0.1, -0.05) is 104 Å². The van der Waals surface area contributed by atoms with Crippen LogP contribution in [0, 0.1) is 5.92 Å². The van der Waals surface area contributed by atoms with Crippen molar-refractivity contribution in [3.63, 3.8) is 0 Å². The molecule has 46 heavy (non-hydrogen) atoms. The Balaban J connectivity index is 1.40. The molecule has 1 N–H and O–H groups in total. The molecule has 0 amide bonds. The minimum atomic E-state index is -0.830. The highest BCUT2D eigenvalue weighted by molar-refractivity contribution is 6.33. The molecule has 4 aromatic rings. The van der Waals surface area contributed by atoms with Crippen LogP contribution in [0.3, 0.4) is 0 Å². The molecule has 0 bridgehead atoms. The molecule has 0 aliphatic carbocycles. The highest BCUT2D eigenvalue weighted by Gasteiger charge is 2.47. The molecule has 0 spiro atoms. The third kappa shape index (κ3) is 7.12. The number of aliphatic hydroxyl groups excluding tert-OH is 1. The van der Waals surface area contributed by atoms with Crippen LogP contribution < -0.4 is 9.47 Å². The van der Waals surface area contributed by atoms with Crippen LogP contribution in [0.1, 0.15) is 72.8 Å². The molecule has 6 rings (SSSR count). The molecule has 2 unspecified atom stereocenters. The summed E-state index contributed by atoms with van der Waals surface area (Å²) in [5, 5.41) is 11.8. The lowest BCUT2D eigenvalue weighted by Gasteiger charge is -2.46. The number of aliphatic hydroxyl groups is 1. The molecule has 0 saturated carbocycles. The molecule has 1 saturated heterocycles. The second-order valence-electron chi connectivity index (χ2n) is 12.1. The molecule has 6 nitrogen and oxygen atoms in total. The van der Waals surface area contributed by atoms with Crippen molar-refractivity contribution < 1.29 is 28.8 Å². The largest absolute Gasteiger partial charge is 0.494 e. The summed E-state index contributed by atoms with van der Waals surface area (Å²) in [6.07, 6.45) is -0.777. The van der Waals surface area contributed by atoms with Crippen molar-refractivity contribution in [2.75, 3.05) is 13.2 Å². The van der Waals surface area contributed by atoms with Crippen molar-refractivity contribution in [1.82, 2.24) is 0 Å². The van der Waals surface area contributed by atoms with Gasteiger partial charge in [-0.15, -0.1) is 0 Å². The normalized spacial score (nSPS) is 23.9. The number of rotatable bonds is 12. The van der Waals surface area contributed by atoms with E-state index in [1.54, 1.807) is 0 Å². The molecule has 4 aromatic carbocycles. The Morgan fingerprint density at radius 1 is 0.826 bits per heavy atom. The summed E-state index contributed by atoms with van der Waals surface area (Å²) in [4.78, 5) is 0. The van der Waals surface area contributed by atoms with Gasteiger partial charge < -0.3 is 28.8 Å². The first-order chi connectivity index (χ1) is 22.5. The first kappa shape index (κ1) is 32.5. The van der Waals surface area contributed by atoms with Gasteiger partial charge in [0.25, 0.3) is 0 Å². The van der Waals surface area contributed by atoms with Crippen LogP contribution >= 0.6 is 11.6 Å². The second-order valence-corrected chi connectivity index (χ2v) is 12.5. The zero-order chi connectivity index (χ0) is 32.0. The van der Waals surface area contributed by atoms with Crippen LogP contribution in [0.25, 0.3) is 0 Å². The van der Waals surface area contributed by atoms with Crippen molar-refractivity contribution in [3.8, 4) is 11.5 Å². The average molecular weight is 643 g/mol. The van der Waals surface area contributed by atoms with Crippen molar-refractivity contribution in [3.05, 3.63) is 129 Å². The Labute approximate surface area is 277 Å². The molecule has 0 radical (unpaired) electrons. The fraction of sp³-hybridized carbons (Fsp3) is 0.385. The molecule has 7 heteroatoms. The van der Waals surface area contributed by atoms with Crippen LogP contribution in [0.2, 0.25) is 5.02 Å². The summed E-state index contributed by atoms with van der Waals surface area (Å²) in [5.74, 6) is 1.41. The fourth-order valence-electron chi connectivity index (χ4n) is 6.66. The van der Waals surface area contributed by atoms with Crippen LogP contribution in [0.4, 0.5) is 0 Å². The van der Waals surface area contributed by atoms with E-state index in [1.807, 2.05) is 55.5 Å². The van der Waals surface area contributed by atoms with Crippen LogP contribution in [0.5, 0.6) is 11.5 Å². The van der Waals surface area contributed by atoms with E-state index in [4.69, 9.17) is 35.3 Å². The third-order valence-corrected chi connectivity index (χ3v) is 9.46. The van der Waals surface area contributed by atoms with E-state index in [9.17, 15) is 5.11 Å². The summed E-state index contributed by atoms with van der Waals surface area (Å²) in [6, 6.07) is 30.5. The van der Waals surface area contributed by atoms with Crippen LogP contribution in [-0.2, 0) is 33.8 Å². The van der Waals surface area contributed by atoms with E-state index in [1.165, 1.54) is 0 Å². The smallest absolute Gasteiger partial charge is 0.144 e. The van der Waals surface area contributed by atoms with E-state index in [2.05, 4.69) is 56.3 Å². The van der Waals surface area contributed by atoms with Crippen molar-refractivity contribution >= 4 is 11.6 Å². The maximum absolute atomic E-state index is 11.2. The average Bonchev–Trinajstić information content (AvgIpc) is 3.48. The summed E-state index contributed by atoms with van der Waals surface area (Å²) in [7, 11) is 0. The third-order valence-electron chi connectivity index (χ3n) is 9.04. The van der Waals surface area contributed by atoms with Gasteiger partial charge in [0.15, 0.2) is 0 Å². The lowest BCUT2D eigenvalue weighted by molar-refractivity contribution is -0.235. The summed E-state index contributed by atoms with van der Waals surface area (Å²) in [6.45, 7) is 7.89. The summed E-state index contributed by atoms with van der Waals surface area (Å²) in [5.41, 5.74) is 5.65. The summed E-state index contributed by atoms with van der Waals surface area (Å²) >= 11 is 7.01. The van der Waals surface area contributed by atoms with E-state index < -0.39 is 18.3 Å². The molecule has 2 aliphatic heterocycles. The van der Waals surface area contributed by atoms with Gasteiger partial charge in [0.05, 0.1) is 37.1 Å². The predicted octanol–water partition coefficient (Wildman–Crippen LogP) is 8.41. The Kier molecular flexibility index (Phi) is 10.6. The maximum atomic E-state index is 11.2. The number of fused-ring (bicyclic) bond motifs is 1. The van der Waals surface area contributed by atoms with Crippen LogP contribution in [0.15, 0.2) is 91.0 Å². The van der Waals surface area contributed by atoms with Gasteiger partial charge in [0.1, 0.15) is 36.4 Å². The molecule has 0 aromatic heterocycles. The molecule has 242 valence electrons. The van der Waals surface area contributed by atoms with E-state index in [0.717, 1.165) is 40.0 Å². The minimum absolute atomic E-state index is 0.0654. The first-order valence-electron chi connectivity index (χ1n) is 16.3. The predicted molar refractivity (Wildman–Crippen MR) is 179 cm³/mol. The van der Waals surface area contributed by atoms with Crippen LogP contribution in [-0.4, -0.2) is 36.6 Å². The van der Waals surface area contributed by atoms with Gasteiger partial charge in [-0.05, 0) is 59.7 Å². The topological polar surface area (TPSA) is 66.4 Å². The molecule has 2 aliphatic rings. The zero-order valence-electron chi connectivity index (χ0n) is 26.7. The van der Waals surface area contributed by atoms with E-state index in [0.29, 0.717) is 42.6 Å². The monoisotopic (exact) mass is 642 g/mol. The maximum Gasteiger partial charge on any atom is 0.144 e. The Morgan fingerprint density at radius 2 is 1.46 bits per heavy atom. The fourth-order valence-corrected chi connectivity index (χ4v) is 6.94. The lowest BCUT2D eigenvalue weighted by atomic mass is 9.82. The minimum Gasteiger partial charge on any atom is -0.494 e. The number of benzene rings is 4. The van der Waals surface area contributed by atoms with E-state index in [-0.39, 0.29) is 24.7 Å². The number of ether oxygens (including phenoxy) is 5. The number of hydrogen-bond acceptors (Lipinski definition) is 6. The van der Waals surface area contributed by atoms with Gasteiger partial charge in [-0.25, -0.2) is 0 Å². The Hall–Kier alpha value is -3.39. The molecular formula is C39H43ClO6. The number of hydrogen-bond donors (Lipinski definition) is 1. The highest BCUT2D eigenvalue weighted by Crippen LogP contribution is 2.49. The van der Waals surface area contributed by atoms with Gasteiger partial charge >= 0.3 is 0 Å².